The number of ether oxygens (including phenoxy) is 1. The van der Waals surface area contributed by atoms with Gasteiger partial charge in [-0.05, 0) is 81.6 Å². The zero-order chi connectivity index (χ0) is 29.2. The van der Waals surface area contributed by atoms with Crippen molar-refractivity contribution in [2.24, 2.45) is 11.8 Å². The Bertz CT molecular complexity index is 912. The fraction of sp³-hybridized carbons (Fsp3) is 0.655. The number of aliphatic hydroxyl groups is 3. The predicted molar refractivity (Wildman–Crippen MR) is 147 cm³/mol. The number of nitrogens with one attached hydrogen (secondary N) is 1. The van der Waals surface area contributed by atoms with E-state index in [1.165, 1.54) is 5.56 Å². The topological polar surface area (TPSA) is 168 Å². The molecule has 40 heavy (non-hydrogen) atoms. The van der Waals surface area contributed by atoms with Gasteiger partial charge in [0.2, 0.25) is 5.91 Å². The molecule has 0 heterocycles. The zero-order valence-electron chi connectivity index (χ0n) is 23.1. The lowest BCUT2D eigenvalue weighted by atomic mass is 9.85. The third-order valence-corrected chi connectivity index (χ3v) is 7.24. The van der Waals surface area contributed by atoms with Crippen LogP contribution in [0.4, 0.5) is 0 Å². The van der Waals surface area contributed by atoms with E-state index >= 15 is 0 Å². The Labute approximate surface area is 235 Å². The Morgan fingerprint density at radius 1 is 1.05 bits per heavy atom. The van der Waals surface area contributed by atoms with E-state index in [-0.39, 0.29) is 43.9 Å². The molecule has 1 saturated carbocycles. The maximum Gasteiger partial charge on any atom is 0.325 e. The van der Waals surface area contributed by atoms with Gasteiger partial charge in [0, 0.05) is 6.42 Å². The fourth-order valence-corrected chi connectivity index (χ4v) is 5.00. The van der Waals surface area contributed by atoms with Crippen LogP contribution >= 0.6 is 0 Å². The van der Waals surface area contributed by atoms with Gasteiger partial charge in [0.15, 0.2) is 0 Å². The number of rotatable bonds is 20. The maximum atomic E-state index is 11.9. The standard InChI is InChI=1S/C29H44N2O9/c32-23(15-14-22-10-4-3-5-11-22)16-17-25-24(26(33)20-27(25)34)12-6-1-2-7-13-28(35)30-21-29(36)39-18-8-9-19-40-31(37)38/h1,3-6,10-11,23-27,32-34H,2,7-9,12-21H2,(H,30,35)/b6-1-/t23-,24+,25+,26-,27+/m0/s1. The summed E-state index contributed by atoms with van der Waals surface area (Å²) in [6.45, 7) is -0.188. The number of aryl methyl sites for hydroxylation is 1. The van der Waals surface area contributed by atoms with Crippen LogP contribution in [-0.2, 0) is 25.6 Å². The molecule has 11 heteroatoms. The van der Waals surface area contributed by atoms with Gasteiger partial charge in [-0.3, -0.25) is 9.59 Å². The fourth-order valence-electron chi connectivity index (χ4n) is 5.00. The lowest BCUT2D eigenvalue weighted by Crippen LogP contribution is -2.30. The lowest BCUT2D eigenvalue weighted by molar-refractivity contribution is -0.757. The van der Waals surface area contributed by atoms with Crippen LogP contribution in [0.2, 0.25) is 0 Å². The van der Waals surface area contributed by atoms with Gasteiger partial charge in [0.05, 0.1) is 31.5 Å². The molecule has 1 aromatic rings. The van der Waals surface area contributed by atoms with Crippen LogP contribution in [-0.4, -0.2) is 70.4 Å². The molecule has 1 amide bonds. The second kappa shape index (κ2) is 19.1. The average molecular weight is 565 g/mol. The van der Waals surface area contributed by atoms with Crippen molar-refractivity contribution in [3.8, 4) is 0 Å². The zero-order valence-corrected chi connectivity index (χ0v) is 23.1. The summed E-state index contributed by atoms with van der Waals surface area (Å²) in [6.07, 6.45) is 8.36. The van der Waals surface area contributed by atoms with Crippen molar-refractivity contribution in [2.45, 2.75) is 88.9 Å². The molecular weight excluding hydrogens is 520 g/mol. The minimum absolute atomic E-state index is 0.0563. The highest BCUT2D eigenvalue weighted by molar-refractivity contribution is 5.81. The Morgan fingerprint density at radius 2 is 1.77 bits per heavy atom. The summed E-state index contributed by atoms with van der Waals surface area (Å²) in [5, 5.41) is 43.0. The van der Waals surface area contributed by atoms with Crippen molar-refractivity contribution >= 4 is 11.9 Å². The largest absolute Gasteiger partial charge is 0.464 e. The van der Waals surface area contributed by atoms with Gasteiger partial charge in [0.1, 0.15) is 6.54 Å². The number of carbonyl (C=O) groups excluding carboxylic acids is 2. The Hall–Kier alpha value is -3.02. The number of aliphatic hydroxyl groups excluding tert-OH is 3. The van der Waals surface area contributed by atoms with Crippen molar-refractivity contribution < 1.29 is 39.6 Å². The molecule has 0 bridgehead atoms. The molecule has 0 unspecified atom stereocenters. The lowest BCUT2D eigenvalue weighted by Gasteiger charge is -2.23. The third-order valence-electron chi connectivity index (χ3n) is 7.24. The van der Waals surface area contributed by atoms with E-state index < -0.39 is 29.4 Å². The SMILES string of the molecule is O=C(CCC/C=C\C[C@@H]1[C@@H](CC[C@@H](O)CCc2ccccc2)[C@H](O)C[C@@H]1O)NCC(=O)OCCCCO[N+](=O)[O-]. The normalized spacial score (nSPS) is 21.3. The molecule has 0 saturated heterocycles. The molecule has 0 radical (unpaired) electrons. The summed E-state index contributed by atoms with van der Waals surface area (Å²) in [6, 6.07) is 10.0. The minimum Gasteiger partial charge on any atom is -0.464 e. The number of hydrogen-bond acceptors (Lipinski definition) is 9. The highest BCUT2D eigenvalue weighted by Gasteiger charge is 2.40. The molecule has 224 valence electrons. The van der Waals surface area contributed by atoms with Crippen LogP contribution < -0.4 is 5.32 Å². The van der Waals surface area contributed by atoms with Gasteiger partial charge in [-0.1, -0.05) is 42.5 Å². The van der Waals surface area contributed by atoms with Gasteiger partial charge in [-0.2, -0.15) is 0 Å². The number of amides is 1. The maximum absolute atomic E-state index is 11.9. The quantitative estimate of drug-likeness (QED) is 0.0612. The smallest absolute Gasteiger partial charge is 0.325 e. The van der Waals surface area contributed by atoms with Gasteiger partial charge in [-0.25, -0.2) is 0 Å². The Balaban J connectivity index is 1.57. The van der Waals surface area contributed by atoms with Crippen LogP contribution in [0.1, 0.15) is 69.8 Å². The molecule has 11 nitrogen and oxygen atoms in total. The summed E-state index contributed by atoms with van der Waals surface area (Å²) in [5.41, 5.74) is 1.19. The first-order chi connectivity index (χ1) is 19.3. The number of unbranched alkanes of at least 4 members (excludes halogenated alkanes) is 2. The van der Waals surface area contributed by atoms with Gasteiger partial charge in [-0.15, -0.1) is 10.1 Å². The summed E-state index contributed by atoms with van der Waals surface area (Å²) in [7, 11) is 0. The van der Waals surface area contributed by atoms with Crippen molar-refractivity contribution in [3.05, 3.63) is 58.2 Å². The summed E-state index contributed by atoms with van der Waals surface area (Å²) in [5.74, 6) is -0.961. The second-order valence-corrected chi connectivity index (χ2v) is 10.3. The van der Waals surface area contributed by atoms with Crippen molar-refractivity contribution in [3.63, 3.8) is 0 Å². The first-order valence-corrected chi connectivity index (χ1v) is 14.2. The third kappa shape index (κ3) is 13.9. The second-order valence-electron chi connectivity index (χ2n) is 10.3. The van der Waals surface area contributed by atoms with Crippen LogP contribution in [0.15, 0.2) is 42.5 Å². The Kier molecular flexibility index (Phi) is 15.9. The van der Waals surface area contributed by atoms with Crippen molar-refractivity contribution in [2.75, 3.05) is 19.8 Å². The molecule has 1 aromatic carbocycles. The number of hydrogen-bond donors (Lipinski definition) is 4. The number of nitrogens with zero attached hydrogens (tertiary/aromatic N) is 1. The van der Waals surface area contributed by atoms with Crippen LogP contribution in [0.5, 0.6) is 0 Å². The van der Waals surface area contributed by atoms with Gasteiger partial charge < -0.3 is 30.2 Å². The van der Waals surface area contributed by atoms with Crippen molar-refractivity contribution in [1.29, 1.82) is 0 Å². The van der Waals surface area contributed by atoms with Crippen LogP contribution in [0.3, 0.4) is 0 Å². The average Bonchev–Trinajstić information content (AvgIpc) is 3.20. The molecule has 0 spiro atoms. The Morgan fingerprint density at radius 3 is 2.52 bits per heavy atom. The summed E-state index contributed by atoms with van der Waals surface area (Å²) < 4.78 is 4.95. The number of esters is 1. The van der Waals surface area contributed by atoms with Gasteiger partial charge >= 0.3 is 5.97 Å². The molecule has 1 fully saturated rings. The first-order valence-electron chi connectivity index (χ1n) is 14.2. The molecule has 4 N–H and O–H groups in total. The molecule has 2 rings (SSSR count). The van der Waals surface area contributed by atoms with E-state index in [9.17, 15) is 35.0 Å². The van der Waals surface area contributed by atoms with Crippen LogP contribution in [0, 0.1) is 22.0 Å². The van der Waals surface area contributed by atoms with E-state index in [1.54, 1.807) is 0 Å². The summed E-state index contributed by atoms with van der Waals surface area (Å²) in [4.78, 5) is 37.8. The molecule has 1 aliphatic rings. The first kappa shape index (κ1) is 33.2. The molecule has 0 aromatic heterocycles. The van der Waals surface area contributed by atoms with Crippen LogP contribution in [0.25, 0.3) is 0 Å². The predicted octanol–water partition coefficient (Wildman–Crippen LogP) is 2.88. The van der Waals surface area contributed by atoms with E-state index in [2.05, 4.69) is 10.2 Å². The van der Waals surface area contributed by atoms with E-state index in [0.717, 1.165) is 6.42 Å². The van der Waals surface area contributed by atoms with E-state index in [4.69, 9.17) is 4.74 Å². The minimum atomic E-state index is -0.873. The monoisotopic (exact) mass is 564 g/mol. The summed E-state index contributed by atoms with van der Waals surface area (Å²) >= 11 is 0. The molecular formula is C29H44N2O9. The number of allylic oxidation sites excluding steroid dienone is 2. The van der Waals surface area contributed by atoms with E-state index in [0.29, 0.717) is 57.8 Å². The number of benzene rings is 1. The van der Waals surface area contributed by atoms with E-state index in [1.807, 2.05) is 42.5 Å². The highest BCUT2D eigenvalue weighted by Crippen LogP contribution is 2.38. The van der Waals surface area contributed by atoms with Crippen molar-refractivity contribution in [1.82, 2.24) is 5.32 Å². The molecule has 0 aliphatic heterocycles. The highest BCUT2D eigenvalue weighted by atomic mass is 16.9. The molecule has 5 atom stereocenters. The molecule has 1 aliphatic carbocycles. The van der Waals surface area contributed by atoms with Gasteiger partial charge in [0.25, 0.3) is 5.09 Å². The number of carbonyl (C=O) groups is 2.